The lowest BCUT2D eigenvalue weighted by Gasteiger charge is -2.52. The molecule has 1 atom stereocenters. The molecule has 2 aliphatic heterocycles. The first-order valence-electron chi connectivity index (χ1n) is 12.8. The highest BCUT2D eigenvalue weighted by Gasteiger charge is 2.50. The number of hydrogen-bond donors (Lipinski definition) is 1. The molecule has 3 heterocycles. The van der Waals surface area contributed by atoms with E-state index in [-0.39, 0.29) is 34.6 Å². The normalized spacial score (nSPS) is 18.1. The van der Waals surface area contributed by atoms with Gasteiger partial charge in [0.25, 0.3) is 11.8 Å². The second-order valence-corrected chi connectivity index (χ2v) is 10.6. The van der Waals surface area contributed by atoms with Crippen LogP contribution in [-0.2, 0) is 0 Å². The number of carbonyl (C=O) groups is 1. The van der Waals surface area contributed by atoms with E-state index < -0.39 is 5.82 Å². The first-order chi connectivity index (χ1) is 17.2. The van der Waals surface area contributed by atoms with Crippen LogP contribution in [0.2, 0.25) is 0 Å². The second kappa shape index (κ2) is 10.6. The highest BCUT2D eigenvalue weighted by atomic mass is 19.1. The van der Waals surface area contributed by atoms with Gasteiger partial charge in [-0.1, -0.05) is 13.8 Å². The maximum Gasteiger partial charge on any atom is 0.282 e. The quantitative estimate of drug-likeness (QED) is 0.562. The van der Waals surface area contributed by atoms with Gasteiger partial charge in [0.15, 0.2) is 5.82 Å². The summed E-state index contributed by atoms with van der Waals surface area (Å²) in [5.41, 5.74) is 6.37. The van der Waals surface area contributed by atoms with Crippen LogP contribution in [0.1, 0.15) is 51.4 Å². The molecule has 2 saturated heterocycles. The van der Waals surface area contributed by atoms with E-state index in [1.54, 1.807) is 4.90 Å². The monoisotopic (exact) mass is 499 g/mol. The Bertz CT molecular complexity index is 1070. The zero-order chi connectivity index (χ0) is 26.0. The molecular weight excluding hydrogens is 461 g/mol. The molecule has 36 heavy (non-hydrogen) atoms. The average molecular weight is 500 g/mol. The van der Waals surface area contributed by atoms with Crippen molar-refractivity contribution in [2.45, 2.75) is 53.1 Å². The van der Waals surface area contributed by atoms with Gasteiger partial charge in [0, 0.05) is 56.8 Å². The van der Waals surface area contributed by atoms with Gasteiger partial charge in [-0.15, -0.1) is 10.2 Å². The number of nitrogens with two attached hydrogens (primary N) is 1. The highest BCUT2D eigenvalue weighted by Crippen LogP contribution is 2.44. The van der Waals surface area contributed by atoms with Crippen molar-refractivity contribution in [2.24, 2.45) is 17.1 Å². The number of amides is 1. The van der Waals surface area contributed by atoms with Gasteiger partial charge in [-0.25, -0.2) is 9.37 Å². The zero-order valence-corrected chi connectivity index (χ0v) is 21.9. The Morgan fingerprint density at radius 3 is 2.64 bits per heavy atom. The van der Waals surface area contributed by atoms with Crippen molar-refractivity contribution in [1.29, 1.82) is 0 Å². The third-order valence-corrected chi connectivity index (χ3v) is 7.47. The second-order valence-electron chi connectivity index (χ2n) is 10.6. The molecule has 9 nitrogen and oxygen atoms in total. The Balaban J connectivity index is 1.54. The molecule has 2 N–H and O–H groups in total. The molecule has 1 aromatic heterocycles. The Labute approximate surface area is 212 Å². The summed E-state index contributed by atoms with van der Waals surface area (Å²) in [6, 6.07) is 4.31. The van der Waals surface area contributed by atoms with Crippen LogP contribution in [-0.4, -0.2) is 82.2 Å². The smallest absolute Gasteiger partial charge is 0.282 e. The van der Waals surface area contributed by atoms with E-state index >= 15 is 0 Å². The lowest BCUT2D eigenvalue weighted by atomic mass is 9.77. The topological polar surface area (TPSA) is 101 Å². The van der Waals surface area contributed by atoms with E-state index in [0.717, 1.165) is 32.6 Å². The van der Waals surface area contributed by atoms with Crippen LogP contribution >= 0.6 is 0 Å². The van der Waals surface area contributed by atoms with Crippen LogP contribution in [0.15, 0.2) is 24.5 Å². The van der Waals surface area contributed by atoms with Crippen molar-refractivity contribution < 1.29 is 13.9 Å². The van der Waals surface area contributed by atoms with Crippen molar-refractivity contribution in [3.8, 4) is 11.6 Å². The average Bonchev–Trinajstić information content (AvgIpc) is 3.26. The summed E-state index contributed by atoms with van der Waals surface area (Å²) in [5.74, 6) is 0.740. The molecule has 1 aromatic carbocycles. The van der Waals surface area contributed by atoms with Crippen molar-refractivity contribution in [2.75, 3.05) is 44.2 Å². The summed E-state index contributed by atoms with van der Waals surface area (Å²) in [7, 11) is 0. The summed E-state index contributed by atoms with van der Waals surface area (Å²) < 4.78 is 20.3. The van der Waals surface area contributed by atoms with E-state index in [9.17, 15) is 9.18 Å². The van der Waals surface area contributed by atoms with Gasteiger partial charge < -0.3 is 20.3 Å². The van der Waals surface area contributed by atoms with Gasteiger partial charge in [-0.2, -0.15) is 0 Å². The molecule has 4 rings (SSSR count). The minimum Gasteiger partial charge on any atom is -0.434 e. The summed E-state index contributed by atoms with van der Waals surface area (Å²) in [5, 5.41) is 8.11. The van der Waals surface area contributed by atoms with E-state index in [0.29, 0.717) is 30.9 Å². The van der Waals surface area contributed by atoms with Gasteiger partial charge in [0.2, 0.25) is 0 Å². The molecule has 2 fully saturated rings. The Morgan fingerprint density at radius 1 is 1.25 bits per heavy atom. The molecule has 2 aliphatic rings. The third-order valence-electron chi connectivity index (χ3n) is 7.47. The molecule has 0 bridgehead atoms. The number of rotatable bonds is 9. The number of aromatic nitrogens is 3. The van der Waals surface area contributed by atoms with E-state index in [4.69, 9.17) is 10.5 Å². The zero-order valence-electron chi connectivity index (χ0n) is 21.9. The predicted octanol–water partition coefficient (Wildman–Crippen LogP) is 3.17. The fourth-order valence-corrected chi connectivity index (χ4v) is 5.57. The molecule has 0 saturated carbocycles. The lowest BCUT2D eigenvalue weighted by molar-refractivity contribution is -0.0275. The number of nitrogens with zero attached hydrogens (tertiary/aromatic N) is 6. The van der Waals surface area contributed by atoms with Crippen LogP contribution < -0.4 is 15.4 Å². The number of ether oxygens (including phenoxy) is 1. The maximum atomic E-state index is 14.1. The van der Waals surface area contributed by atoms with Crippen LogP contribution in [0.3, 0.4) is 0 Å². The number of benzene rings is 1. The van der Waals surface area contributed by atoms with E-state index in [1.165, 1.54) is 24.5 Å². The lowest BCUT2D eigenvalue weighted by Crippen LogP contribution is -2.63. The molecular formula is C26H38FN7O2. The third kappa shape index (κ3) is 5.15. The molecule has 1 unspecified atom stereocenters. The maximum absolute atomic E-state index is 14.1. The summed E-state index contributed by atoms with van der Waals surface area (Å²) >= 11 is 0. The first-order valence-corrected chi connectivity index (χ1v) is 12.8. The number of carbonyl (C=O) groups excluding carboxylic acids is 1. The molecule has 196 valence electrons. The summed E-state index contributed by atoms with van der Waals surface area (Å²) in [4.78, 5) is 24.0. The van der Waals surface area contributed by atoms with Gasteiger partial charge >= 0.3 is 0 Å². The Kier molecular flexibility index (Phi) is 7.75. The summed E-state index contributed by atoms with van der Waals surface area (Å²) in [6.45, 7) is 15.0. The van der Waals surface area contributed by atoms with Gasteiger partial charge in [0.1, 0.15) is 17.9 Å². The van der Waals surface area contributed by atoms with Crippen LogP contribution in [0, 0.1) is 17.2 Å². The first kappa shape index (κ1) is 26.2. The van der Waals surface area contributed by atoms with Crippen LogP contribution in [0.4, 0.5) is 10.2 Å². The standard InChI is InChI=1S/C26H38FN7O2/c1-6-34(18(4)5)25(35)20-11-19(27)7-8-22(20)36-24-23(29-16-30-31-24)32-10-9-26(13-32)14-33(15-26)21(12-28)17(2)3/h7-8,11,16-18,21H,6,9-10,12-15,28H2,1-5H3. The molecule has 0 radical (unpaired) electrons. The van der Waals surface area contributed by atoms with Crippen molar-refractivity contribution in [1.82, 2.24) is 25.0 Å². The fourth-order valence-electron chi connectivity index (χ4n) is 5.57. The molecule has 10 heteroatoms. The fraction of sp³-hybridized carbons (Fsp3) is 0.615. The predicted molar refractivity (Wildman–Crippen MR) is 137 cm³/mol. The Morgan fingerprint density at radius 2 is 2.00 bits per heavy atom. The summed E-state index contributed by atoms with van der Waals surface area (Å²) in [6.07, 6.45) is 2.44. The van der Waals surface area contributed by atoms with E-state index in [2.05, 4.69) is 38.8 Å². The largest absolute Gasteiger partial charge is 0.434 e. The SMILES string of the molecule is CCN(C(=O)c1cc(F)ccc1Oc1nncnc1N1CCC2(C1)CN(C(CN)C(C)C)C2)C(C)C. The van der Waals surface area contributed by atoms with Gasteiger partial charge in [0.05, 0.1) is 5.56 Å². The van der Waals surface area contributed by atoms with Gasteiger partial charge in [-0.05, 0) is 51.3 Å². The molecule has 1 amide bonds. The minimum atomic E-state index is -0.504. The van der Waals surface area contributed by atoms with E-state index in [1.807, 2.05) is 20.8 Å². The minimum absolute atomic E-state index is 0.0373. The van der Waals surface area contributed by atoms with Crippen LogP contribution in [0.25, 0.3) is 0 Å². The van der Waals surface area contributed by atoms with Crippen molar-refractivity contribution >= 4 is 11.7 Å². The van der Waals surface area contributed by atoms with Gasteiger partial charge in [-0.3, -0.25) is 9.69 Å². The number of halogens is 1. The number of anilines is 1. The number of hydrogen-bond acceptors (Lipinski definition) is 8. The number of likely N-dealkylation sites (tertiary alicyclic amines) is 1. The molecule has 0 aliphatic carbocycles. The van der Waals surface area contributed by atoms with Crippen LogP contribution in [0.5, 0.6) is 11.6 Å². The Hall–Kier alpha value is -2.85. The molecule has 2 aromatic rings. The molecule has 1 spiro atoms. The van der Waals surface area contributed by atoms with Crippen molar-refractivity contribution in [3.63, 3.8) is 0 Å². The highest BCUT2D eigenvalue weighted by molar-refractivity contribution is 5.97. The van der Waals surface area contributed by atoms with Crippen molar-refractivity contribution in [3.05, 3.63) is 35.9 Å².